The number of esters is 1. The lowest BCUT2D eigenvalue weighted by Crippen LogP contribution is -2.33. The van der Waals surface area contributed by atoms with Crippen molar-refractivity contribution in [2.75, 3.05) is 6.61 Å². The van der Waals surface area contributed by atoms with Crippen molar-refractivity contribution in [3.05, 3.63) is 12.2 Å². The van der Waals surface area contributed by atoms with Gasteiger partial charge in [-0.3, -0.25) is 4.79 Å². The zero-order chi connectivity index (χ0) is 20.2. The summed E-state index contributed by atoms with van der Waals surface area (Å²) in [5.74, 6) is -0.406. The van der Waals surface area contributed by atoms with E-state index in [-0.39, 0.29) is 6.61 Å². The minimum absolute atomic E-state index is 0.371. The molecule has 0 aliphatic rings. The Labute approximate surface area is 167 Å². The van der Waals surface area contributed by atoms with Gasteiger partial charge >= 0.3 is 5.97 Å². The van der Waals surface area contributed by atoms with Crippen molar-refractivity contribution in [3.63, 3.8) is 0 Å². The second-order valence-electron chi connectivity index (χ2n) is 7.62. The summed E-state index contributed by atoms with van der Waals surface area (Å²) in [6.07, 6.45) is 21.3. The molecule has 0 saturated heterocycles. The lowest BCUT2D eigenvalue weighted by molar-refractivity contribution is -0.154. The van der Waals surface area contributed by atoms with Crippen LogP contribution < -0.4 is 0 Å². The highest BCUT2D eigenvalue weighted by atomic mass is 16.6. The van der Waals surface area contributed by atoms with Crippen LogP contribution in [0.25, 0.3) is 0 Å². The average Bonchev–Trinajstić information content (AvgIpc) is 2.65. The molecule has 4 heteroatoms. The fourth-order valence-electron chi connectivity index (χ4n) is 3.25. The maximum absolute atomic E-state index is 11.0. The molecule has 0 aromatic carbocycles. The van der Waals surface area contributed by atoms with E-state index >= 15 is 0 Å². The number of carbonyl (C=O) groups is 1. The average molecular weight is 385 g/mol. The Bertz CT molecular complexity index is 354. The molecular weight excluding hydrogens is 340 g/mol. The second kappa shape index (κ2) is 19.9. The number of aliphatic hydroxyl groups is 2. The Balaban J connectivity index is 3.43. The van der Waals surface area contributed by atoms with Crippen LogP contribution >= 0.6 is 0 Å². The molecular formula is C23H44O4. The van der Waals surface area contributed by atoms with Crippen LogP contribution in [0, 0.1) is 0 Å². The molecule has 0 aromatic rings. The van der Waals surface area contributed by atoms with Gasteiger partial charge in [0.2, 0.25) is 0 Å². The molecule has 0 heterocycles. The summed E-state index contributed by atoms with van der Waals surface area (Å²) in [5, 5.41) is 18.7. The maximum Gasteiger partial charge on any atom is 0.302 e. The van der Waals surface area contributed by atoms with Crippen LogP contribution in [0.4, 0.5) is 0 Å². The van der Waals surface area contributed by atoms with E-state index in [9.17, 15) is 9.90 Å². The molecule has 0 rings (SSSR count). The Morgan fingerprint density at radius 2 is 1.33 bits per heavy atom. The van der Waals surface area contributed by atoms with E-state index in [0.29, 0.717) is 6.42 Å². The van der Waals surface area contributed by atoms with Crippen molar-refractivity contribution < 1.29 is 19.7 Å². The minimum Gasteiger partial charge on any atom is -0.460 e. The predicted molar refractivity (Wildman–Crippen MR) is 113 cm³/mol. The Hall–Kier alpha value is -0.870. The van der Waals surface area contributed by atoms with Crippen molar-refractivity contribution in [3.8, 4) is 0 Å². The lowest BCUT2D eigenvalue weighted by atomic mass is 10.0. The third-order valence-electron chi connectivity index (χ3n) is 4.93. The van der Waals surface area contributed by atoms with Gasteiger partial charge in [0, 0.05) is 6.92 Å². The number of hydrogen-bond donors (Lipinski definition) is 2. The van der Waals surface area contributed by atoms with Gasteiger partial charge in [-0.1, -0.05) is 76.9 Å². The minimum atomic E-state index is -0.975. The zero-order valence-electron chi connectivity index (χ0n) is 17.8. The zero-order valence-corrected chi connectivity index (χ0v) is 17.8. The first kappa shape index (κ1) is 26.1. The molecule has 0 aliphatic carbocycles. The molecule has 0 saturated carbocycles. The van der Waals surface area contributed by atoms with Gasteiger partial charge in [-0.25, -0.2) is 0 Å². The van der Waals surface area contributed by atoms with Gasteiger partial charge in [-0.05, 0) is 38.5 Å². The molecule has 2 unspecified atom stereocenters. The van der Waals surface area contributed by atoms with Gasteiger partial charge in [0.1, 0.15) is 12.2 Å². The van der Waals surface area contributed by atoms with Crippen molar-refractivity contribution in [1.29, 1.82) is 0 Å². The van der Waals surface area contributed by atoms with Crippen LogP contribution in [0.15, 0.2) is 12.2 Å². The predicted octanol–water partition coefficient (Wildman–Crippen LogP) is 5.70. The highest BCUT2D eigenvalue weighted by molar-refractivity contribution is 5.66. The van der Waals surface area contributed by atoms with Gasteiger partial charge in [0.15, 0.2) is 0 Å². The molecule has 0 spiro atoms. The van der Waals surface area contributed by atoms with E-state index in [1.807, 2.05) is 0 Å². The van der Waals surface area contributed by atoms with Crippen molar-refractivity contribution >= 4 is 5.97 Å². The fraction of sp³-hybridized carbons (Fsp3) is 0.870. The van der Waals surface area contributed by atoms with Gasteiger partial charge < -0.3 is 14.9 Å². The largest absolute Gasteiger partial charge is 0.460 e. The third kappa shape index (κ3) is 18.3. The quantitative estimate of drug-likeness (QED) is 0.170. The van der Waals surface area contributed by atoms with Crippen LogP contribution in [-0.4, -0.2) is 35.0 Å². The summed E-state index contributed by atoms with van der Waals surface area (Å²) in [4.78, 5) is 11.0. The molecule has 27 heavy (non-hydrogen) atoms. The Morgan fingerprint density at radius 3 is 1.81 bits per heavy atom. The van der Waals surface area contributed by atoms with Gasteiger partial charge in [0.05, 0.1) is 6.61 Å². The highest BCUT2D eigenvalue weighted by Crippen LogP contribution is 2.14. The molecule has 4 nitrogen and oxygen atoms in total. The van der Waals surface area contributed by atoms with Crippen LogP contribution in [0.1, 0.15) is 110 Å². The van der Waals surface area contributed by atoms with Crippen LogP contribution in [0.3, 0.4) is 0 Å². The number of allylic oxidation sites excluding steroid dienone is 2. The smallest absolute Gasteiger partial charge is 0.302 e. The monoisotopic (exact) mass is 384 g/mol. The van der Waals surface area contributed by atoms with Gasteiger partial charge in [0.25, 0.3) is 0 Å². The summed E-state index contributed by atoms with van der Waals surface area (Å²) < 4.78 is 5.07. The number of aliphatic hydroxyl groups excluding tert-OH is 2. The van der Waals surface area contributed by atoms with E-state index in [4.69, 9.17) is 9.84 Å². The number of ether oxygens (including phenoxy) is 1. The molecule has 2 N–H and O–H groups in total. The van der Waals surface area contributed by atoms with E-state index in [1.165, 1.54) is 84.0 Å². The summed E-state index contributed by atoms with van der Waals surface area (Å²) in [7, 11) is 0. The summed E-state index contributed by atoms with van der Waals surface area (Å²) in [6.45, 7) is 3.22. The molecule has 0 fully saturated rings. The van der Waals surface area contributed by atoms with Crippen LogP contribution in [0.5, 0.6) is 0 Å². The van der Waals surface area contributed by atoms with Crippen molar-refractivity contribution in [2.24, 2.45) is 0 Å². The summed E-state index contributed by atoms with van der Waals surface area (Å²) >= 11 is 0. The lowest BCUT2D eigenvalue weighted by Gasteiger charge is -2.21. The fourth-order valence-corrected chi connectivity index (χ4v) is 3.25. The topological polar surface area (TPSA) is 66.8 Å². The first-order valence-electron chi connectivity index (χ1n) is 11.2. The Morgan fingerprint density at radius 1 is 0.852 bits per heavy atom. The van der Waals surface area contributed by atoms with E-state index in [0.717, 1.165) is 12.8 Å². The summed E-state index contributed by atoms with van der Waals surface area (Å²) in [6, 6.07) is 0. The molecule has 0 bridgehead atoms. The van der Waals surface area contributed by atoms with Crippen LogP contribution in [0.2, 0.25) is 0 Å². The molecule has 0 amide bonds. The van der Waals surface area contributed by atoms with Gasteiger partial charge in [-0.2, -0.15) is 0 Å². The number of rotatable bonds is 19. The molecule has 160 valence electrons. The molecule has 2 atom stereocenters. The van der Waals surface area contributed by atoms with Crippen molar-refractivity contribution in [1.82, 2.24) is 0 Å². The number of unbranched alkanes of at least 4 members (excludes halogenated alkanes) is 12. The standard InChI is InChI=1S/C23H44O4/c1-3-4-5-6-7-8-9-10-11-12-13-14-15-16-17-18-19-23(22(26)20-24)27-21(2)25/h10-11,22-24,26H,3-9,12-20H2,1-2H3. The van der Waals surface area contributed by atoms with E-state index < -0.39 is 18.2 Å². The molecule has 0 aliphatic heterocycles. The second-order valence-corrected chi connectivity index (χ2v) is 7.62. The first-order chi connectivity index (χ1) is 13.1. The summed E-state index contributed by atoms with van der Waals surface area (Å²) in [5.41, 5.74) is 0. The number of hydrogen-bond acceptors (Lipinski definition) is 4. The normalized spacial score (nSPS) is 13.8. The third-order valence-corrected chi connectivity index (χ3v) is 4.93. The SMILES string of the molecule is CCCCCCCCC=CCCCCCCCCC(OC(C)=O)C(O)CO. The first-order valence-corrected chi connectivity index (χ1v) is 11.2. The van der Waals surface area contributed by atoms with Gasteiger partial charge in [-0.15, -0.1) is 0 Å². The Kier molecular flexibility index (Phi) is 19.2. The highest BCUT2D eigenvalue weighted by Gasteiger charge is 2.20. The number of carbonyl (C=O) groups excluding carboxylic acids is 1. The maximum atomic E-state index is 11.0. The van der Waals surface area contributed by atoms with E-state index in [2.05, 4.69) is 19.1 Å². The van der Waals surface area contributed by atoms with Crippen LogP contribution in [-0.2, 0) is 9.53 Å². The molecule has 0 aromatic heterocycles. The van der Waals surface area contributed by atoms with Crippen molar-refractivity contribution in [2.45, 2.75) is 122 Å². The van der Waals surface area contributed by atoms with E-state index in [1.54, 1.807) is 0 Å². The molecule has 0 radical (unpaired) electrons.